The monoisotopic (exact) mass is 315 g/mol. The number of aryl methyl sites for hydroxylation is 1. The van der Waals surface area contributed by atoms with Gasteiger partial charge < -0.3 is 11.5 Å². The number of nitrogens with two attached hydrogens (primary N) is 2. The predicted octanol–water partition coefficient (Wildman–Crippen LogP) is -0.240. The Hall–Kier alpha value is -1.61. The van der Waals surface area contributed by atoms with Crippen LogP contribution in [-0.4, -0.2) is 41.0 Å². The molecule has 4 N–H and O–H groups in total. The molecule has 0 radical (unpaired) electrons. The van der Waals surface area contributed by atoms with Crippen molar-refractivity contribution in [1.29, 1.82) is 0 Å². The molecule has 2 rings (SSSR count). The molecule has 0 aliphatic carbocycles. The van der Waals surface area contributed by atoms with Crippen LogP contribution in [0.15, 0.2) is 11.1 Å². The van der Waals surface area contributed by atoms with E-state index in [2.05, 4.69) is 5.10 Å². The zero-order valence-electron chi connectivity index (χ0n) is 12.2. The maximum atomic E-state index is 12.8. The molecular weight excluding hydrogens is 294 g/mol. The number of primary amides is 1. The second-order valence-electron chi connectivity index (χ2n) is 5.33. The first-order valence-electron chi connectivity index (χ1n) is 6.91. The van der Waals surface area contributed by atoms with Crippen LogP contribution in [0.5, 0.6) is 0 Å². The van der Waals surface area contributed by atoms with E-state index in [9.17, 15) is 13.2 Å². The summed E-state index contributed by atoms with van der Waals surface area (Å²) in [4.78, 5) is 11.3. The molecule has 1 fully saturated rings. The van der Waals surface area contributed by atoms with Crippen molar-refractivity contribution in [3.8, 4) is 0 Å². The molecule has 1 aromatic rings. The lowest BCUT2D eigenvalue weighted by Gasteiger charge is -2.35. The molecule has 8 nitrogen and oxygen atoms in total. The lowest BCUT2D eigenvalue weighted by Crippen LogP contribution is -2.48. The predicted molar refractivity (Wildman–Crippen MR) is 77.6 cm³/mol. The van der Waals surface area contributed by atoms with Crippen molar-refractivity contribution in [3.05, 3.63) is 6.20 Å². The van der Waals surface area contributed by atoms with Gasteiger partial charge in [0.1, 0.15) is 4.90 Å². The Morgan fingerprint density at radius 3 is 2.67 bits per heavy atom. The topological polar surface area (TPSA) is 124 Å². The smallest absolute Gasteiger partial charge is 0.248 e. The van der Waals surface area contributed by atoms with Crippen molar-refractivity contribution in [1.82, 2.24) is 14.1 Å². The number of nitrogens with zero attached hydrogens (tertiary/aromatic N) is 3. The molecule has 2 unspecified atom stereocenters. The number of nitrogen functional groups attached to an aromatic ring is 1. The van der Waals surface area contributed by atoms with Gasteiger partial charge >= 0.3 is 0 Å². The zero-order chi connectivity index (χ0) is 15.8. The van der Waals surface area contributed by atoms with Crippen molar-refractivity contribution >= 4 is 21.7 Å². The van der Waals surface area contributed by atoms with Gasteiger partial charge in [-0.15, -0.1) is 0 Å². The third-order valence-electron chi connectivity index (χ3n) is 3.89. The molecule has 0 spiro atoms. The van der Waals surface area contributed by atoms with Gasteiger partial charge in [0, 0.05) is 25.3 Å². The minimum absolute atomic E-state index is 0.0127. The van der Waals surface area contributed by atoms with Crippen LogP contribution in [0.2, 0.25) is 0 Å². The number of hydrogen-bond acceptors (Lipinski definition) is 5. The maximum Gasteiger partial charge on any atom is 0.248 e. The second kappa shape index (κ2) is 5.64. The highest BCUT2D eigenvalue weighted by atomic mass is 32.2. The lowest BCUT2D eigenvalue weighted by molar-refractivity contribution is -0.123. The lowest BCUT2D eigenvalue weighted by atomic mass is 9.95. The zero-order valence-corrected chi connectivity index (χ0v) is 13.0. The van der Waals surface area contributed by atoms with Crippen molar-refractivity contribution in [2.24, 2.45) is 11.7 Å². The Balaban J connectivity index is 2.36. The van der Waals surface area contributed by atoms with Gasteiger partial charge in [0.05, 0.1) is 5.92 Å². The summed E-state index contributed by atoms with van der Waals surface area (Å²) in [6.07, 6.45) is 2.62. The molecule has 1 amide bonds. The number of piperidine rings is 1. The van der Waals surface area contributed by atoms with Gasteiger partial charge in [-0.3, -0.25) is 9.48 Å². The Bertz CT molecular complexity index is 639. The van der Waals surface area contributed by atoms with E-state index in [1.807, 2.05) is 13.8 Å². The summed E-state index contributed by atoms with van der Waals surface area (Å²) in [5, 5.41) is 3.97. The van der Waals surface area contributed by atoms with Gasteiger partial charge in [-0.2, -0.15) is 9.40 Å². The van der Waals surface area contributed by atoms with E-state index >= 15 is 0 Å². The molecule has 21 heavy (non-hydrogen) atoms. The van der Waals surface area contributed by atoms with Crippen LogP contribution in [0.1, 0.15) is 26.7 Å². The van der Waals surface area contributed by atoms with E-state index in [0.717, 1.165) is 0 Å². The van der Waals surface area contributed by atoms with Gasteiger partial charge in [0.15, 0.2) is 5.82 Å². The minimum atomic E-state index is -3.78. The summed E-state index contributed by atoms with van der Waals surface area (Å²) >= 11 is 0. The van der Waals surface area contributed by atoms with E-state index in [1.54, 1.807) is 0 Å². The van der Waals surface area contributed by atoms with Crippen molar-refractivity contribution in [2.45, 2.75) is 44.2 Å². The quantitative estimate of drug-likeness (QED) is 0.793. The normalized spacial score (nSPS) is 24.1. The molecule has 1 aliphatic heterocycles. The molecule has 2 heterocycles. The third kappa shape index (κ3) is 2.88. The van der Waals surface area contributed by atoms with Gasteiger partial charge in [0.25, 0.3) is 0 Å². The number of aromatic nitrogens is 2. The van der Waals surface area contributed by atoms with Crippen molar-refractivity contribution < 1.29 is 13.2 Å². The second-order valence-corrected chi connectivity index (χ2v) is 7.19. The summed E-state index contributed by atoms with van der Waals surface area (Å²) < 4.78 is 28.3. The van der Waals surface area contributed by atoms with Gasteiger partial charge in [-0.05, 0) is 26.7 Å². The highest BCUT2D eigenvalue weighted by Gasteiger charge is 2.38. The Kier molecular flexibility index (Phi) is 4.24. The number of carbonyl (C=O) groups is 1. The largest absolute Gasteiger partial charge is 0.381 e. The fourth-order valence-electron chi connectivity index (χ4n) is 2.55. The summed E-state index contributed by atoms with van der Waals surface area (Å²) in [6.45, 7) is 4.28. The first-order chi connectivity index (χ1) is 9.77. The van der Waals surface area contributed by atoms with Crippen LogP contribution in [-0.2, 0) is 21.4 Å². The molecule has 9 heteroatoms. The molecule has 0 bridgehead atoms. The number of sulfonamides is 1. The first kappa shape index (κ1) is 15.8. The molecule has 1 aliphatic rings. The first-order valence-corrected chi connectivity index (χ1v) is 8.35. The molecule has 1 aromatic heterocycles. The van der Waals surface area contributed by atoms with Crippen LogP contribution in [0.4, 0.5) is 5.82 Å². The SMILES string of the molecule is CCn1cc(S(=O)(=O)N2CC(C(N)=O)CCC2C)c(N)n1. The van der Waals surface area contributed by atoms with Crippen LogP contribution in [0, 0.1) is 5.92 Å². The molecule has 118 valence electrons. The summed E-state index contributed by atoms with van der Waals surface area (Å²) in [5.74, 6) is -0.956. The van der Waals surface area contributed by atoms with Crippen molar-refractivity contribution in [2.75, 3.05) is 12.3 Å². The average molecular weight is 315 g/mol. The highest BCUT2D eigenvalue weighted by Crippen LogP contribution is 2.29. The Morgan fingerprint density at radius 2 is 2.14 bits per heavy atom. The van der Waals surface area contributed by atoms with E-state index in [-0.39, 0.29) is 23.3 Å². The van der Waals surface area contributed by atoms with Crippen LogP contribution in [0.3, 0.4) is 0 Å². The minimum Gasteiger partial charge on any atom is -0.381 e. The Labute approximate surface area is 124 Å². The van der Waals surface area contributed by atoms with Crippen molar-refractivity contribution in [3.63, 3.8) is 0 Å². The maximum absolute atomic E-state index is 12.8. The van der Waals surface area contributed by atoms with Gasteiger partial charge in [0.2, 0.25) is 15.9 Å². The molecule has 1 saturated heterocycles. The van der Waals surface area contributed by atoms with Gasteiger partial charge in [-0.25, -0.2) is 8.42 Å². The fourth-order valence-corrected chi connectivity index (χ4v) is 4.32. The number of hydrogen-bond donors (Lipinski definition) is 2. The molecule has 0 aromatic carbocycles. The van der Waals surface area contributed by atoms with Crippen LogP contribution in [0.25, 0.3) is 0 Å². The number of anilines is 1. The fraction of sp³-hybridized carbons (Fsp3) is 0.667. The molecule has 0 saturated carbocycles. The summed E-state index contributed by atoms with van der Waals surface area (Å²) in [7, 11) is -3.78. The van der Waals surface area contributed by atoms with Crippen LogP contribution < -0.4 is 11.5 Å². The molecule has 2 atom stereocenters. The Morgan fingerprint density at radius 1 is 1.48 bits per heavy atom. The highest BCUT2D eigenvalue weighted by molar-refractivity contribution is 7.89. The summed E-state index contributed by atoms with van der Waals surface area (Å²) in [6, 6.07) is -0.199. The van der Waals surface area contributed by atoms with E-state index < -0.39 is 21.8 Å². The van der Waals surface area contributed by atoms with E-state index in [0.29, 0.717) is 19.4 Å². The van der Waals surface area contributed by atoms with Crippen LogP contribution >= 0.6 is 0 Å². The standard InChI is InChI=1S/C12H21N5O3S/c1-3-16-7-10(11(13)15-16)21(19,20)17-6-9(12(14)18)5-4-8(17)2/h7-9H,3-6H2,1-2H3,(H2,13,15)(H2,14,18). The van der Waals surface area contributed by atoms with E-state index in [4.69, 9.17) is 11.5 Å². The number of rotatable bonds is 4. The molecular formula is C12H21N5O3S. The number of carbonyl (C=O) groups excluding carboxylic acids is 1. The van der Waals surface area contributed by atoms with Gasteiger partial charge in [-0.1, -0.05) is 0 Å². The third-order valence-corrected chi connectivity index (χ3v) is 5.89. The van der Waals surface area contributed by atoms with E-state index in [1.165, 1.54) is 15.2 Å². The average Bonchev–Trinajstić information content (AvgIpc) is 2.80. The number of amides is 1. The summed E-state index contributed by atoms with van der Waals surface area (Å²) in [5.41, 5.74) is 11.0.